The first-order chi connectivity index (χ1) is 6.16. The standard InChI is InChI=1S/C9H14N2O2/c1-4-13-9(12)7-5-10-11-8(7)6(2)3/h5-7H,4H2,1-3H3/t7-/m0/s1. The summed E-state index contributed by atoms with van der Waals surface area (Å²) >= 11 is 0. The van der Waals surface area contributed by atoms with Crippen LogP contribution in [0.3, 0.4) is 0 Å². The summed E-state index contributed by atoms with van der Waals surface area (Å²) in [5.41, 5.74) is 0.790. The van der Waals surface area contributed by atoms with Crippen molar-refractivity contribution >= 4 is 17.9 Å². The molecule has 1 aliphatic heterocycles. The van der Waals surface area contributed by atoms with Crippen LogP contribution in [0.25, 0.3) is 0 Å². The van der Waals surface area contributed by atoms with Gasteiger partial charge in [-0.25, -0.2) is 0 Å². The average Bonchev–Trinajstić information content (AvgIpc) is 2.52. The zero-order valence-corrected chi connectivity index (χ0v) is 8.15. The van der Waals surface area contributed by atoms with Crippen LogP contribution in [0.15, 0.2) is 10.2 Å². The summed E-state index contributed by atoms with van der Waals surface area (Å²) in [6.07, 6.45) is 1.54. The number of carbonyl (C=O) groups is 1. The molecule has 0 N–H and O–H groups in total. The van der Waals surface area contributed by atoms with Gasteiger partial charge in [0.2, 0.25) is 0 Å². The first-order valence-electron chi connectivity index (χ1n) is 4.44. The molecule has 0 saturated heterocycles. The van der Waals surface area contributed by atoms with E-state index in [1.165, 1.54) is 6.21 Å². The van der Waals surface area contributed by atoms with Crippen LogP contribution >= 0.6 is 0 Å². The molecule has 72 valence electrons. The molecule has 0 amide bonds. The molecule has 0 spiro atoms. The first-order valence-corrected chi connectivity index (χ1v) is 4.44. The van der Waals surface area contributed by atoms with Crippen LogP contribution in [-0.2, 0) is 9.53 Å². The highest BCUT2D eigenvalue weighted by molar-refractivity contribution is 6.16. The Morgan fingerprint density at radius 1 is 1.69 bits per heavy atom. The van der Waals surface area contributed by atoms with Crippen molar-refractivity contribution in [3.8, 4) is 0 Å². The fourth-order valence-electron chi connectivity index (χ4n) is 1.19. The number of ether oxygens (including phenoxy) is 1. The van der Waals surface area contributed by atoms with E-state index in [1.54, 1.807) is 6.92 Å². The molecule has 0 bridgehead atoms. The van der Waals surface area contributed by atoms with E-state index in [2.05, 4.69) is 10.2 Å². The Morgan fingerprint density at radius 2 is 2.38 bits per heavy atom. The van der Waals surface area contributed by atoms with Gasteiger partial charge in [-0.15, -0.1) is 0 Å². The quantitative estimate of drug-likeness (QED) is 0.617. The van der Waals surface area contributed by atoms with E-state index in [0.717, 1.165) is 5.71 Å². The number of esters is 1. The third-order valence-electron chi connectivity index (χ3n) is 1.84. The summed E-state index contributed by atoms with van der Waals surface area (Å²) in [4.78, 5) is 11.4. The normalized spacial score (nSPS) is 20.6. The predicted molar refractivity (Wildman–Crippen MR) is 50.9 cm³/mol. The summed E-state index contributed by atoms with van der Waals surface area (Å²) in [6, 6.07) is 0. The average molecular weight is 182 g/mol. The van der Waals surface area contributed by atoms with Gasteiger partial charge in [-0.3, -0.25) is 4.79 Å². The van der Waals surface area contributed by atoms with Crippen LogP contribution < -0.4 is 0 Å². The Balaban J connectivity index is 2.65. The SMILES string of the molecule is CCOC(=O)[C@H]1C=NN=C1C(C)C. The molecule has 0 saturated carbocycles. The monoisotopic (exact) mass is 182 g/mol. The molecule has 1 aliphatic rings. The molecular formula is C9H14N2O2. The molecule has 0 aliphatic carbocycles. The lowest BCUT2D eigenvalue weighted by molar-refractivity contribution is -0.143. The van der Waals surface area contributed by atoms with Crippen molar-refractivity contribution < 1.29 is 9.53 Å². The number of carbonyl (C=O) groups excluding carboxylic acids is 1. The second-order valence-corrected chi connectivity index (χ2v) is 3.17. The van der Waals surface area contributed by atoms with Crippen molar-refractivity contribution in [2.24, 2.45) is 22.0 Å². The second kappa shape index (κ2) is 4.16. The highest BCUT2D eigenvalue weighted by atomic mass is 16.5. The number of nitrogens with zero attached hydrogens (tertiary/aromatic N) is 2. The summed E-state index contributed by atoms with van der Waals surface area (Å²) in [5.74, 6) is -0.381. The van der Waals surface area contributed by atoms with Gasteiger partial charge in [-0.2, -0.15) is 10.2 Å². The third-order valence-corrected chi connectivity index (χ3v) is 1.84. The molecule has 0 unspecified atom stereocenters. The van der Waals surface area contributed by atoms with Crippen LogP contribution in [0.5, 0.6) is 0 Å². The Labute approximate surface area is 77.7 Å². The van der Waals surface area contributed by atoms with Gasteiger partial charge in [-0.1, -0.05) is 13.8 Å². The van der Waals surface area contributed by atoms with Crippen molar-refractivity contribution in [1.29, 1.82) is 0 Å². The van der Waals surface area contributed by atoms with Crippen molar-refractivity contribution in [1.82, 2.24) is 0 Å². The second-order valence-electron chi connectivity index (χ2n) is 3.17. The Kier molecular flexibility index (Phi) is 3.17. The van der Waals surface area contributed by atoms with E-state index < -0.39 is 0 Å². The zero-order valence-electron chi connectivity index (χ0n) is 8.15. The fourth-order valence-corrected chi connectivity index (χ4v) is 1.19. The van der Waals surface area contributed by atoms with Gasteiger partial charge in [0.05, 0.1) is 12.3 Å². The van der Waals surface area contributed by atoms with Crippen LogP contribution in [0.4, 0.5) is 0 Å². The van der Waals surface area contributed by atoms with Gasteiger partial charge in [0, 0.05) is 6.21 Å². The number of hydrogen-bond acceptors (Lipinski definition) is 4. The van der Waals surface area contributed by atoms with E-state index in [4.69, 9.17) is 4.74 Å². The van der Waals surface area contributed by atoms with E-state index in [1.807, 2.05) is 13.8 Å². The van der Waals surface area contributed by atoms with Gasteiger partial charge in [0.25, 0.3) is 0 Å². The van der Waals surface area contributed by atoms with Gasteiger partial charge in [0.15, 0.2) is 0 Å². The van der Waals surface area contributed by atoms with Gasteiger partial charge in [-0.05, 0) is 12.8 Å². The number of hydrogen-bond donors (Lipinski definition) is 0. The summed E-state index contributed by atoms with van der Waals surface area (Å²) in [5, 5.41) is 7.64. The lowest BCUT2D eigenvalue weighted by Crippen LogP contribution is -2.28. The predicted octanol–water partition coefficient (Wildman–Crippen LogP) is 1.26. The summed E-state index contributed by atoms with van der Waals surface area (Å²) in [7, 11) is 0. The topological polar surface area (TPSA) is 51.0 Å². The Hall–Kier alpha value is -1.19. The third kappa shape index (κ3) is 2.14. The van der Waals surface area contributed by atoms with Crippen LogP contribution in [0.2, 0.25) is 0 Å². The maximum atomic E-state index is 11.4. The van der Waals surface area contributed by atoms with Crippen LogP contribution in [0, 0.1) is 11.8 Å². The minimum Gasteiger partial charge on any atom is -0.465 e. The molecule has 1 heterocycles. The minimum atomic E-state index is -0.361. The first kappa shape index (κ1) is 9.89. The highest BCUT2D eigenvalue weighted by Gasteiger charge is 2.29. The highest BCUT2D eigenvalue weighted by Crippen LogP contribution is 2.14. The lowest BCUT2D eigenvalue weighted by Gasteiger charge is -2.11. The summed E-state index contributed by atoms with van der Waals surface area (Å²) in [6.45, 7) is 6.16. The molecule has 13 heavy (non-hydrogen) atoms. The van der Waals surface area contributed by atoms with Crippen molar-refractivity contribution in [2.45, 2.75) is 20.8 Å². The van der Waals surface area contributed by atoms with E-state index in [0.29, 0.717) is 6.61 Å². The zero-order chi connectivity index (χ0) is 9.84. The van der Waals surface area contributed by atoms with Crippen LogP contribution in [0.1, 0.15) is 20.8 Å². The van der Waals surface area contributed by atoms with Crippen molar-refractivity contribution in [3.05, 3.63) is 0 Å². The maximum Gasteiger partial charge on any atom is 0.320 e. The summed E-state index contributed by atoms with van der Waals surface area (Å²) < 4.78 is 4.90. The molecule has 0 radical (unpaired) electrons. The maximum absolute atomic E-state index is 11.4. The molecule has 0 aromatic rings. The Morgan fingerprint density at radius 3 is 2.92 bits per heavy atom. The smallest absolute Gasteiger partial charge is 0.320 e. The molecule has 1 rings (SSSR count). The van der Waals surface area contributed by atoms with Crippen LogP contribution in [-0.4, -0.2) is 24.5 Å². The molecule has 4 heteroatoms. The van der Waals surface area contributed by atoms with Gasteiger partial charge >= 0.3 is 5.97 Å². The largest absolute Gasteiger partial charge is 0.465 e. The Bertz CT molecular complexity index is 256. The molecule has 4 nitrogen and oxygen atoms in total. The van der Waals surface area contributed by atoms with Crippen molar-refractivity contribution in [3.63, 3.8) is 0 Å². The molecule has 1 atom stereocenters. The van der Waals surface area contributed by atoms with E-state index >= 15 is 0 Å². The van der Waals surface area contributed by atoms with E-state index in [-0.39, 0.29) is 17.8 Å². The molecule has 0 fully saturated rings. The van der Waals surface area contributed by atoms with Gasteiger partial charge < -0.3 is 4.74 Å². The fraction of sp³-hybridized carbons (Fsp3) is 0.667. The number of rotatable bonds is 3. The van der Waals surface area contributed by atoms with E-state index in [9.17, 15) is 4.79 Å². The minimum absolute atomic E-state index is 0.233. The van der Waals surface area contributed by atoms with Gasteiger partial charge in [0.1, 0.15) is 5.92 Å². The lowest BCUT2D eigenvalue weighted by atomic mass is 9.96. The molecular weight excluding hydrogens is 168 g/mol. The molecule has 0 aromatic heterocycles. The van der Waals surface area contributed by atoms with Crippen molar-refractivity contribution in [2.75, 3.05) is 6.61 Å². The molecule has 0 aromatic carbocycles.